The lowest BCUT2D eigenvalue weighted by atomic mass is 9.95. The monoisotopic (exact) mass is 691 g/mol. The molecule has 0 radical (unpaired) electrons. The maximum absolute atomic E-state index is 14.1. The molecule has 0 unspecified atom stereocenters. The first-order chi connectivity index (χ1) is 20.4. The predicted octanol–water partition coefficient (Wildman–Crippen LogP) is 4.86. The van der Waals surface area contributed by atoms with E-state index in [1.807, 2.05) is 61.5 Å². The number of thiazole rings is 1. The van der Waals surface area contributed by atoms with Gasteiger partial charge in [-0.3, -0.25) is 9.36 Å². The molecule has 0 aliphatic carbocycles. The van der Waals surface area contributed by atoms with Gasteiger partial charge in [-0.05, 0) is 70.5 Å². The van der Waals surface area contributed by atoms with Crippen LogP contribution in [-0.4, -0.2) is 24.8 Å². The smallest absolute Gasteiger partial charge is 0.338 e. The average Bonchev–Trinajstić information content (AvgIpc) is 3.33. The lowest BCUT2D eigenvalue weighted by Crippen LogP contribution is -2.40. The molecule has 8 nitrogen and oxygen atoms in total. The molecular formula is C32H26IN3O5S. The summed E-state index contributed by atoms with van der Waals surface area (Å²) in [6.45, 7) is 2.16. The maximum Gasteiger partial charge on any atom is 0.338 e. The Kier molecular flexibility index (Phi) is 8.89. The maximum atomic E-state index is 14.1. The van der Waals surface area contributed by atoms with E-state index in [-0.39, 0.29) is 12.2 Å². The van der Waals surface area contributed by atoms with E-state index < -0.39 is 12.0 Å². The fraction of sp³-hybridized carbons (Fsp3) is 0.188. The Balaban J connectivity index is 1.66. The van der Waals surface area contributed by atoms with Crippen LogP contribution >= 0.6 is 33.9 Å². The highest BCUT2D eigenvalue weighted by atomic mass is 127. The first-order valence-corrected chi connectivity index (χ1v) is 15.0. The van der Waals surface area contributed by atoms with Gasteiger partial charge >= 0.3 is 5.97 Å². The Morgan fingerprint density at radius 2 is 1.88 bits per heavy atom. The Bertz CT molecular complexity index is 1900. The molecule has 0 fully saturated rings. The quantitative estimate of drug-likeness (QED) is 0.193. The van der Waals surface area contributed by atoms with Crippen molar-refractivity contribution < 1.29 is 19.0 Å². The second kappa shape index (κ2) is 12.8. The average molecular weight is 692 g/mol. The van der Waals surface area contributed by atoms with Gasteiger partial charge in [0.2, 0.25) is 0 Å². The van der Waals surface area contributed by atoms with E-state index in [2.05, 4.69) is 28.7 Å². The predicted molar refractivity (Wildman–Crippen MR) is 168 cm³/mol. The molecule has 0 N–H and O–H groups in total. The van der Waals surface area contributed by atoms with Gasteiger partial charge in [0, 0.05) is 9.13 Å². The number of nitriles is 1. The molecule has 4 aromatic rings. The van der Waals surface area contributed by atoms with Crippen LogP contribution in [-0.2, 0) is 16.1 Å². The molecule has 0 saturated heterocycles. The molecule has 1 aliphatic heterocycles. The standard InChI is InChI=1S/C32H26IN3O5S/c1-4-24-27(31(38)40-3)28(21-8-6-5-7-9-21)36-30(37)26(42-32(36)35-24)15-22-14-23(33)16-25(39-2)29(22)41-18-20-12-10-19(17-34)11-13-20/h5-16,28H,4,18H2,1-3H3/b26-15+/t28-/m1/s1. The summed E-state index contributed by atoms with van der Waals surface area (Å²) < 4.78 is 19.9. The number of aromatic nitrogens is 1. The van der Waals surface area contributed by atoms with Crippen molar-refractivity contribution in [2.24, 2.45) is 4.99 Å². The minimum atomic E-state index is -0.676. The van der Waals surface area contributed by atoms with Gasteiger partial charge in [-0.1, -0.05) is 60.7 Å². The SMILES string of the molecule is CCC1=C(C(=O)OC)[C@@H](c2ccccc2)n2c(s/c(=C/c3cc(I)cc(OC)c3OCc3ccc(C#N)cc3)c2=O)=N1. The Labute approximate surface area is 260 Å². The van der Waals surface area contributed by atoms with Crippen molar-refractivity contribution in [2.45, 2.75) is 26.0 Å². The lowest BCUT2D eigenvalue weighted by molar-refractivity contribution is -0.136. The van der Waals surface area contributed by atoms with Crippen LogP contribution in [0, 0.1) is 14.9 Å². The molecule has 1 aromatic heterocycles. The first kappa shape index (κ1) is 29.3. The van der Waals surface area contributed by atoms with E-state index >= 15 is 0 Å². The summed E-state index contributed by atoms with van der Waals surface area (Å²) >= 11 is 3.45. The fourth-order valence-electron chi connectivity index (χ4n) is 4.79. The number of halogens is 1. The van der Waals surface area contributed by atoms with Gasteiger partial charge < -0.3 is 14.2 Å². The number of hydrogen-bond acceptors (Lipinski definition) is 8. The van der Waals surface area contributed by atoms with Gasteiger partial charge in [0.25, 0.3) is 5.56 Å². The number of rotatable bonds is 8. The molecule has 3 aromatic carbocycles. The summed E-state index contributed by atoms with van der Waals surface area (Å²) in [4.78, 5) is 32.3. The molecule has 5 rings (SSSR count). The number of carbonyl (C=O) groups is 1. The van der Waals surface area contributed by atoms with Crippen molar-refractivity contribution in [3.63, 3.8) is 0 Å². The minimum absolute atomic E-state index is 0.237. The number of esters is 1. The molecule has 1 aliphatic rings. The van der Waals surface area contributed by atoms with E-state index in [0.717, 1.165) is 14.7 Å². The topological polar surface area (TPSA) is 103 Å². The zero-order chi connectivity index (χ0) is 29.8. The highest BCUT2D eigenvalue weighted by molar-refractivity contribution is 14.1. The molecule has 2 heterocycles. The molecule has 0 amide bonds. The summed E-state index contributed by atoms with van der Waals surface area (Å²) in [6.07, 6.45) is 2.28. The Hall–Kier alpha value is -4.21. The minimum Gasteiger partial charge on any atom is -0.493 e. The number of carbonyl (C=O) groups excluding carboxylic acids is 1. The molecular weight excluding hydrogens is 665 g/mol. The van der Waals surface area contributed by atoms with Crippen LogP contribution < -0.4 is 24.4 Å². The van der Waals surface area contributed by atoms with E-state index in [1.165, 1.54) is 18.4 Å². The number of hydrogen-bond donors (Lipinski definition) is 0. The van der Waals surface area contributed by atoms with Crippen LogP contribution in [0.1, 0.15) is 41.6 Å². The molecule has 10 heteroatoms. The number of ether oxygens (including phenoxy) is 3. The largest absolute Gasteiger partial charge is 0.493 e. The van der Waals surface area contributed by atoms with Crippen molar-refractivity contribution in [3.05, 3.63) is 124 Å². The van der Waals surface area contributed by atoms with Crippen LogP contribution in [0.4, 0.5) is 0 Å². The lowest BCUT2D eigenvalue weighted by Gasteiger charge is -2.25. The third-order valence-electron chi connectivity index (χ3n) is 6.79. The Morgan fingerprint density at radius 3 is 2.52 bits per heavy atom. The number of allylic oxidation sites excluding steroid dienone is 1. The number of nitrogens with zero attached hydrogens (tertiary/aromatic N) is 3. The highest BCUT2D eigenvalue weighted by Gasteiger charge is 2.33. The summed E-state index contributed by atoms with van der Waals surface area (Å²) in [5, 5.41) is 9.09. The normalized spacial score (nSPS) is 14.5. The molecule has 212 valence electrons. The van der Waals surface area contributed by atoms with Gasteiger partial charge in [-0.15, -0.1) is 0 Å². The van der Waals surface area contributed by atoms with Crippen LogP contribution in [0.5, 0.6) is 11.5 Å². The summed E-state index contributed by atoms with van der Waals surface area (Å²) in [7, 11) is 2.90. The number of fused-ring (bicyclic) bond motifs is 1. The van der Waals surface area contributed by atoms with Gasteiger partial charge in [-0.2, -0.15) is 5.26 Å². The number of benzene rings is 3. The van der Waals surface area contributed by atoms with Gasteiger partial charge in [0.1, 0.15) is 6.61 Å². The Morgan fingerprint density at radius 1 is 1.14 bits per heavy atom. The molecule has 0 spiro atoms. The van der Waals surface area contributed by atoms with Crippen LogP contribution in [0.3, 0.4) is 0 Å². The van der Waals surface area contributed by atoms with Crippen molar-refractivity contribution in [3.8, 4) is 17.6 Å². The second-order valence-electron chi connectivity index (χ2n) is 9.32. The highest BCUT2D eigenvalue weighted by Crippen LogP contribution is 2.35. The van der Waals surface area contributed by atoms with E-state index in [1.54, 1.807) is 29.9 Å². The third-order valence-corrected chi connectivity index (χ3v) is 8.39. The van der Waals surface area contributed by atoms with E-state index in [0.29, 0.717) is 49.7 Å². The van der Waals surface area contributed by atoms with Gasteiger partial charge in [0.15, 0.2) is 16.3 Å². The number of methoxy groups -OCH3 is 2. The van der Waals surface area contributed by atoms with Gasteiger partial charge in [0.05, 0.1) is 47.7 Å². The van der Waals surface area contributed by atoms with Gasteiger partial charge in [-0.25, -0.2) is 9.79 Å². The molecule has 1 atom stereocenters. The van der Waals surface area contributed by atoms with Crippen LogP contribution in [0.2, 0.25) is 0 Å². The fourth-order valence-corrected chi connectivity index (χ4v) is 6.42. The van der Waals surface area contributed by atoms with E-state index in [4.69, 9.17) is 24.5 Å². The second-order valence-corrected chi connectivity index (χ2v) is 11.6. The summed E-state index contributed by atoms with van der Waals surface area (Å²) in [6, 6.07) is 21.8. The van der Waals surface area contributed by atoms with Crippen molar-refractivity contribution in [1.29, 1.82) is 5.26 Å². The molecule has 0 bridgehead atoms. The summed E-state index contributed by atoms with van der Waals surface area (Å²) in [5.74, 6) is 0.495. The van der Waals surface area contributed by atoms with E-state index in [9.17, 15) is 9.59 Å². The van der Waals surface area contributed by atoms with Crippen molar-refractivity contribution in [1.82, 2.24) is 4.57 Å². The molecule has 42 heavy (non-hydrogen) atoms. The molecule has 0 saturated carbocycles. The van der Waals surface area contributed by atoms with Crippen molar-refractivity contribution in [2.75, 3.05) is 14.2 Å². The summed E-state index contributed by atoms with van der Waals surface area (Å²) in [5.41, 5.74) is 3.56. The third kappa shape index (κ3) is 5.75. The van der Waals surface area contributed by atoms with Crippen molar-refractivity contribution >= 4 is 46.0 Å². The first-order valence-electron chi connectivity index (χ1n) is 13.1. The van der Waals surface area contributed by atoms with Crippen LogP contribution in [0.25, 0.3) is 6.08 Å². The van der Waals surface area contributed by atoms with Crippen LogP contribution in [0.15, 0.2) is 87.8 Å². The zero-order valence-electron chi connectivity index (χ0n) is 23.1. The zero-order valence-corrected chi connectivity index (χ0v) is 26.1.